The number of urea groups is 1. The van der Waals surface area contributed by atoms with Crippen LogP contribution in [0.1, 0.15) is 37.3 Å². The number of carbonyl (C=O) groups excluding carboxylic acids is 2. The van der Waals surface area contributed by atoms with Gasteiger partial charge < -0.3 is 14.7 Å². The van der Waals surface area contributed by atoms with Crippen LogP contribution in [0.5, 0.6) is 0 Å². The Morgan fingerprint density at radius 3 is 2.55 bits per heavy atom. The first-order chi connectivity index (χ1) is 15.0. The summed E-state index contributed by atoms with van der Waals surface area (Å²) in [5.74, 6) is 0.571. The van der Waals surface area contributed by atoms with E-state index in [4.69, 9.17) is 4.99 Å². The molecule has 8 heteroatoms. The number of piperazine rings is 1. The lowest BCUT2D eigenvalue weighted by Crippen LogP contribution is -2.64. The van der Waals surface area contributed by atoms with Crippen LogP contribution < -0.4 is 5.32 Å². The highest BCUT2D eigenvalue weighted by Gasteiger charge is 2.49. The number of carbonyl (C=O) groups is 2. The highest BCUT2D eigenvalue weighted by Crippen LogP contribution is 2.28. The Morgan fingerprint density at radius 2 is 1.84 bits per heavy atom. The normalized spacial score (nSPS) is 24.4. The second kappa shape index (κ2) is 9.26. The average molecular weight is 427 g/mol. The molecule has 1 aromatic carbocycles. The fraction of sp³-hybridized carbons (Fsp3) is 0.609. The molecule has 8 nitrogen and oxygen atoms in total. The summed E-state index contributed by atoms with van der Waals surface area (Å²) in [6, 6.07) is 7.36. The predicted octanol–water partition coefficient (Wildman–Crippen LogP) is 1.85. The maximum absolute atomic E-state index is 12.8. The van der Waals surface area contributed by atoms with Gasteiger partial charge in [-0.3, -0.25) is 15.0 Å². The molecule has 2 saturated heterocycles. The number of likely N-dealkylation sites (N-methyl/N-ethyl adjacent to an activating group) is 1. The monoisotopic (exact) mass is 426 g/mol. The van der Waals surface area contributed by atoms with Crippen molar-refractivity contribution in [1.82, 2.24) is 24.9 Å². The molecule has 4 rings (SSSR count). The van der Waals surface area contributed by atoms with Crippen molar-refractivity contribution in [3.8, 4) is 0 Å². The van der Waals surface area contributed by atoms with E-state index in [1.807, 2.05) is 12.1 Å². The quantitative estimate of drug-likeness (QED) is 0.703. The maximum Gasteiger partial charge on any atom is 0.325 e. The molecule has 0 aliphatic carbocycles. The minimum atomic E-state index is -0.500. The molecule has 0 saturated carbocycles. The fourth-order valence-electron chi connectivity index (χ4n) is 4.67. The van der Waals surface area contributed by atoms with Crippen LogP contribution in [0.4, 0.5) is 4.79 Å². The largest absolute Gasteiger partial charge is 0.340 e. The topological polar surface area (TPSA) is 71.5 Å². The first-order valence-electron chi connectivity index (χ1n) is 11.4. The smallest absolute Gasteiger partial charge is 0.325 e. The van der Waals surface area contributed by atoms with Gasteiger partial charge in [-0.15, -0.1) is 0 Å². The third-order valence-corrected chi connectivity index (χ3v) is 6.67. The van der Waals surface area contributed by atoms with Crippen molar-refractivity contribution in [2.75, 3.05) is 39.8 Å². The average Bonchev–Trinajstić information content (AvgIpc) is 3.14. The Kier molecular flexibility index (Phi) is 6.46. The molecule has 2 unspecified atom stereocenters. The first kappa shape index (κ1) is 21.6. The van der Waals surface area contributed by atoms with Crippen molar-refractivity contribution in [3.63, 3.8) is 0 Å². The van der Waals surface area contributed by atoms with Gasteiger partial charge in [-0.05, 0) is 31.0 Å². The lowest BCUT2D eigenvalue weighted by atomic mass is 10.1. The van der Waals surface area contributed by atoms with E-state index >= 15 is 0 Å². The van der Waals surface area contributed by atoms with Gasteiger partial charge in [0.1, 0.15) is 0 Å². The molecular formula is C23H34N6O2. The van der Waals surface area contributed by atoms with E-state index in [0.29, 0.717) is 6.54 Å². The predicted molar refractivity (Wildman–Crippen MR) is 121 cm³/mol. The van der Waals surface area contributed by atoms with Crippen LogP contribution in [0.3, 0.4) is 0 Å². The van der Waals surface area contributed by atoms with E-state index in [1.165, 1.54) is 30.4 Å². The molecule has 1 N–H and O–H groups in total. The molecule has 0 radical (unpaired) electrons. The Morgan fingerprint density at radius 1 is 1.10 bits per heavy atom. The summed E-state index contributed by atoms with van der Waals surface area (Å²) >= 11 is 0. The lowest BCUT2D eigenvalue weighted by Gasteiger charge is -2.40. The highest BCUT2D eigenvalue weighted by atomic mass is 16.2. The summed E-state index contributed by atoms with van der Waals surface area (Å²) in [5.41, 5.74) is 2.35. The summed E-state index contributed by atoms with van der Waals surface area (Å²) < 4.78 is 0. The van der Waals surface area contributed by atoms with Gasteiger partial charge >= 0.3 is 6.03 Å². The molecule has 168 valence electrons. The van der Waals surface area contributed by atoms with Crippen molar-refractivity contribution >= 4 is 17.9 Å². The van der Waals surface area contributed by atoms with Gasteiger partial charge in [-0.25, -0.2) is 9.79 Å². The molecule has 2 fully saturated rings. The molecule has 0 bridgehead atoms. The zero-order valence-corrected chi connectivity index (χ0v) is 18.9. The number of rotatable bonds is 6. The number of aryl methyl sites for hydroxylation is 1. The Labute approximate surface area is 184 Å². The summed E-state index contributed by atoms with van der Waals surface area (Å²) in [6.07, 6.45) is 3.27. The van der Waals surface area contributed by atoms with Gasteiger partial charge in [0.25, 0.3) is 5.91 Å². The standard InChI is InChI=1S/C23H34N6O2/c1-4-5-8-11-27-12-14-28(15-13-27)22-24-20-19(21(30)25-23(31)26(20)3)29(22)16-18-10-7-6-9-17(18)2/h6-7,9-10,19-20H,4-5,8,11-16H2,1-3H3,(H,25,30,31). The van der Waals surface area contributed by atoms with E-state index in [1.54, 1.807) is 11.9 Å². The van der Waals surface area contributed by atoms with Crippen LogP contribution in [-0.2, 0) is 11.3 Å². The number of fused-ring (bicyclic) bond motifs is 1. The molecule has 3 heterocycles. The number of aliphatic imine (C=N–C) groups is 1. The Hall–Kier alpha value is -2.61. The van der Waals surface area contributed by atoms with Gasteiger partial charge in [0, 0.05) is 39.8 Å². The highest BCUT2D eigenvalue weighted by molar-refractivity contribution is 6.03. The summed E-state index contributed by atoms with van der Waals surface area (Å²) in [4.78, 5) is 38.4. The van der Waals surface area contributed by atoms with E-state index in [0.717, 1.165) is 38.7 Å². The zero-order valence-electron chi connectivity index (χ0n) is 18.9. The number of nitrogens with zero attached hydrogens (tertiary/aromatic N) is 5. The molecule has 3 aliphatic heterocycles. The number of imide groups is 1. The molecular weight excluding hydrogens is 392 g/mol. The van der Waals surface area contributed by atoms with Crippen molar-refractivity contribution in [2.45, 2.75) is 51.9 Å². The van der Waals surface area contributed by atoms with E-state index in [9.17, 15) is 9.59 Å². The van der Waals surface area contributed by atoms with Crippen molar-refractivity contribution in [3.05, 3.63) is 35.4 Å². The Bertz CT molecular complexity index is 848. The number of unbranched alkanes of at least 4 members (excludes halogenated alkanes) is 2. The van der Waals surface area contributed by atoms with E-state index < -0.39 is 12.2 Å². The van der Waals surface area contributed by atoms with Crippen LogP contribution in [-0.4, -0.2) is 89.5 Å². The zero-order chi connectivity index (χ0) is 22.0. The SMILES string of the molecule is CCCCCN1CCN(C2=NC3C(C(=O)NC(=O)N3C)N2Cc2ccccc2C)CC1. The second-order valence-electron chi connectivity index (χ2n) is 8.78. The van der Waals surface area contributed by atoms with Crippen molar-refractivity contribution in [1.29, 1.82) is 0 Å². The second-order valence-corrected chi connectivity index (χ2v) is 8.78. The molecule has 2 atom stereocenters. The summed E-state index contributed by atoms with van der Waals surface area (Å²) in [5, 5.41) is 2.50. The van der Waals surface area contributed by atoms with Crippen LogP contribution in [0.2, 0.25) is 0 Å². The van der Waals surface area contributed by atoms with Gasteiger partial charge in [0.2, 0.25) is 0 Å². The maximum atomic E-state index is 12.8. The molecule has 0 spiro atoms. The fourth-order valence-corrected chi connectivity index (χ4v) is 4.67. The molecule has 1 aromatic rings. The molecule has 3 amide bonds. The number of amides is 3. The van der Waals surface area contributed by atoms with Crippen LogP contribution in [0.25, 0.3) is 0 Å². The van der Waals surface area contributed by atoms with Gasteiger partial charge in [0.15, 0.2) is 18.2 Å². The molecule has 31 heavy (non-hydrogen) atoms. The third-order valence-electron chi connectivity index (χ3n) is 6.67. The third kappa shape index (κ3) is 4.39. The van der Waals surface area contributed by atoms with Crippen LogP contribution in [0, 0.1) is 6.92 Å². The first-order valence-corrected chi connectivity index (χ1v) is 11.4. The molecule has 3 aliphatic rings. The minimum Gasteiger partial charge on any atom is -0.340 e. The molecule has 0 aromatic heterocycles. The minimum absolute atomic E-state index is 0.265. The van der Waals surface area contributed by atoms with E-state index in [2.05, 4.69) is 46.0 Å². The van der Waals surface area contributed by atoms with Crippen molar-refractivity contribution < 1.29 is 9.59 Å². The lowest BCUT2D eigenvalue weighted by molar-refractivity contribution is -0.127. The van der Waals surface area contributed by atoms with Gasteiger partial charge in [0.05, 0.1) is 0 Å². The number of hydrogen-bond acceptors (Lipinski definition) is 6. The summed E-state index contributed by atoms with van der Waals surface area (Å²) in [7, 11) is 1.71. The van der Waals surface area contributed by atoms with Crippen LogP contribution in [0.15, 0.2) is 29.3 Å². The van der Waals surface area contributed by atoms with Gasteiger partial charge in [-0.2, -0.15) is 0 Å². The Balaban J connectivity index is 1.54. The summed E-state index contributed by atoms with van der Waals surface area (Å²) in [6.45, 7) is 9.82. The van der Waals surface area contributed by atoms with Crippen LogP contribution >= 0.6 is 0 Å². The van der Waals surface area contributed by atoms with Crippen molar-refractivity contribution in [2.24, 2.45) is 4.99 Å². The van der Waals surface area contributed by atoms with Gasteiger partial charge in [-0.1, -0.05) is 44.0 Å². The number of nitrogens with one attached hydrogen (secondary N) is 1. The number of guanidine groups is 1. The number of benzene rings is 1. The number of hydrogen-bond donors (Lipinski definition) is 1. The van der Waals surface area contributed by atoms with E-state index in [-0.39, 0.29) is 11.9 Å².